The van der Waals surface area contributed by atoms with Crippen LogP contribution >= 0.6 is 0 Å². The van der Waals surface area contributed by atoms with E-state index in [0.717, 1.165) is 5.56 Å². The molecule has 0 atom stereocenters. The molecule has 2 aromatic rings. The van der Waals surface area contributed by atoms with Gasteiger partial charge < -0.3 is 24.5 Å². The van der Waals surface area contributed by atoms with Crippen molar-refractivity contribution >= 4 is 5.82 Å². The molecule has 0 amide bonds. The lowest BCUT2D eigenvalue weighted by atomic mass is 10.1. The van der Waals surface area contributed by atoms with Crippen LogP contribution in [0.1, 0.15) is 0 Å². The summed E-state index contributed by atoms with van der Waals surface area (Å²) in [6.45, 7) is 4.29. The summed E-state index contributed by atoms with van der Waals surface area (Å²) in [6, 6.07) is 3.55. The first-order valence-corrected chi connectivity index (χ1v) is 6.38. The summed E-state index contributed by atoms with van der Waals surface area (Å²) >= 11 is 0. The van der Waals surface area contributed by atoms with Crippen LogP contribution in [0.15, 0.2) is 31.1 Å². The van der Waals surface area contributed by atoms with Crippen molar-refractivity contribution in [1.82, 2.24) is 9.55 Å². The van der Waals surface area contributed by atoms with Crippen LogP contribution in [0, 0.1) is 0 Å². The number of allylic oxidation sites excluding steroid dienone is 1. The van der Waals surface area contributed by atoms with E-state index in [1.807, 2.05) is 0 Å². The molecule has 0 unspecified atom stereocenters. The van der Waals surface area contributed by atoms with Crippen molar-refractivity contribution < 1.29 is 14.2 Å². The first kappa shape index (κ1) is 14.8. The molecular weight excluding hydrogens is 270 g/mol. The number of ether oxygens (including phenoxy) is 3. The predicted molar refractivity (Wildman–Crippen MR) is 81.9 cm³/mol. The number of methoxy groups -OCH3 is 3. The molecule has 1 aromatic heterocycles. The smallest absolute Gasteiger partial charge is 0.164 e. The molecular formula is C15H19N3O3. The average Bonchev–Trinajstić information content (AvgIpc) is 2.87. The van der Waals surface area contributed by atoms with E-state index in [4.69, 9.17) is 19.9 Å². The van der Waals surface area contributed by atoms with E-state index in [9.17, 15) is 0 Å². The highest BCUT2D eigenvalue weighted by molar-refractivity contribution is 5.78. The fraction of sp³-hybridized carbons (Fsp3) is 0.267. The van der Waals surface area contributed by atoms with Crippen molar-refractivity contribution in [3.63, 3.8) is 0 Å². The second-order valence-electron chi connectivity index (χ2n) is 4.33. The lowest BCUT2D eigenvalue weighted by Gasteiger charge is -2.13. The molecule has 0 fully saturated rings. The summed E-state index contributed by atoms with van der Waals surface area (Å²) in [7, 11) is 4.74. The molecule has 2 N–H and O–H groups in total. The summed E-state index contributed by atoms with van der Waals surface area (Å²) < 4.78 is 17.8. The lowest BCUT2D eigenvalue weighted by molar-refractivity contribution is 0.349. The molecule has 6 heteroatoms. The van der Waals surface area contributed by atoms with Gasteiger partial charge >= 0.3 is 0 Å². The fourth-order valence-electron chi connectivity index (χ4n) is 2.10. The van der Waals surface area contributed by atoms with Gasteiger partial charge in [0.2, 0.25) is 0 Å². The quantitative estimate of drug-likeness (QED) is 0.826. The summed E-state index contributed by atoms with van der Waals surface area (Å²) in [5.41, 5.74) is 7.51. The van der Waals surface area contributed by atoms with Gasteiger partial charge in [-0.1, -0.05) is 6.08 Å². The summed E-state index contributed by atoms with van der Waals surface area (Å²) in [5, 5.41) is 0. The predicted octanol–water partition coefficient (Wildman–Crippen LogP) is 2.34. The van der Waals surface area contributed by atoms with E-state index < -0.39 is 0 Å². The molecule has 0 saturated heterocycles. The normalized spacial score (nSPS) is 10.2. The summed E-state index contributed by atoms with van der Waals surface area (Å²) in [4.78, 5) is 4.36. The molecule has 0 aliphatic heterocycles. The lowest BCUT2D eigenvalue weighted by Crippen LogP contribution is -2.01. The SMILES string of the molecule is C=CCn1cnc(-c2cc(OC)c(OC)cc2OC)c1N. The van der Waals surface area contributed by atoms with Crippen LogP contribution in [-0.2, 0) is 6.54 Å². The van der Waals surface area contributed by atoms with Crippen LogP contribution < -0.4 is 19.9 Å². The zero-order valence-electron chi connectivity index (χ0n) is 12.4. The van der Waals surface area contributed by atoms with Crippen molar-refractivity contribution in [2.24, 2.45) is 0 Å². The highest BCUT2D eigenvalue weighted by atomic mass is 16.5. The molecule has 0 saturated carbocycles. The van der Waals surface area contributed by atoms with Crippen molar-refractivity contribution in [2.75, 3.05) is 27.1 Å². The van der Waals surface area contributed by atoms with Gasteiger partial charge in [0.1, 0.15) is 17.3 Å². The maximum absolute atomic E-state index is 6.13. The minimum atomic E-state index is 0.542. The minimum Gasteiger partial charge on any atom is -0.496 e. The van der Waals surface area contributed by atoms with Crippen molar-refractivity contribution in [3.8, 4) is 28.5 Å². The van der Waals surface area contributed by atoms with Gasteiger partial charge in [-0.15, -0.1) is 6.58 Å². The van der Waals surface area contributed by atoms with Crippen LogP contribution in [0.3, 0.4) is 0 Å². The Balaban J connectivity index is 2.59. The molecule has 21 heavy (non-hydrogen) atoms. The van der Waals surface area contributed by atoms with Crippen LogP contribution in [0.25, 0.3) is 11.3 Å². The molecule has 0 aliphatic carbocycles. The van der Waals surface area contributed by atoms with Gasteiger partial charge in [-0.2, -0.15) is 0 Å². The number of hydrogen-bond donors (Lipinski definition) is 1. The highest BCUT2D eigenvalue weighted by Gasteiger charge is 2.18. The molecule has 2 rings (SSSR count). The second-order valence-corrected chi connectivity index (χ2v) is 4.33. The van der Waals surface area contributed by atoms with Gasteiger partial charge in [0.15, 0.2) is 11.5 Å². The van der Waals surface area contributed by atoms with E-state index in [2.05, 4.69) is 11.6 Å². The second kappa shape index (κ2) is 6.21. The number of nitrogens with two attached hydrogens (primary N) is 1. The number of aromatic nitrogens is 2. The molecule has 0 bridgehead atoms. The Kier molecular flexibility index (Phi) is 4.37. The number of hydrogen-bond acceptors (Lipinski definition) is 5. The van der Waals surface area contributed by atoms with Crippen LogP contribution in [-0.4, -0.2) is 30.9 Å². The monoisotopic (exact) mass is 289 g/mol. The number of imidazole rings is 1. The Hall–Kier alpha value is -2.63. The van der Waals surface area contributed by atoms with Gasteiger partial charge in [0.05, 0.1) is 27.7 Å². The minimum absolute atomic E-state index is 0.542. The third-order valence-corrected chi connectivity index (χ3v) is 3.16. The fourth-order valence-corrected chi connectivity index (χ4v) is 2.10. The molecule has 1 aromatic carbocycles. The maximum atomic E-state index is 6.13. The Morgan fingerprint density at radius 1 is 1.14 bits per heavy atom. The molecule has 0 radical (unpaired) electrons. The highest BCUT2D eigenvalue weighted by Crippen LogP contribution is 2.41. The van der Waals surface area contributed by atoms with E-state index >= 15 is 0 Å². The standard InChI is InChI=1S/C15H19N3O3/c1-5-6-18-9-17-14(15(18)16)10-7-12(20-3)13(21-4)8-11(10)19-2/h5,7-9H,1,6,16H2,2-4H3. The molecule has 0 aliphatic rings. The Labute approximate surface area is 123 Å². The maximum Gasteiger partial charge on any atom is 0.164 e. The molecule has 112 valence electrons. The van der Waals surface area contributed by atoms with Crippen molar-refractivity contribution in [3.05, 3.63) is 31.1 Å². The van der Waals surface area contributed by atoms with Crippen LogP contribution in [0.5, 0.6) is 17.2 Å². The number of benzene rings is 1. The van der Waals surface area contributed by atoms with Gasteiger partial charge in [0, 0.05) is 18.2 Å². The van der Waals surface area contributed by atoms with E-state index in [1.165, 1.54) is 0 Å². The van der Waals surface area contributed by atoms with Crippen molar-refractivity contribution in [1.29, 1.82) is 0 Å². The van der Waals surface area contributed by atoms with E-state index in [0.29, 0.717) is 35.3 Å². The van der Waals surface area contributed by atoms with Crippen LogP contribution in [0.4, 0.5) is 5.82 Å². The first-order valence-electron chi connectivity index (χ1n) is 6.38. The van der Waals surface area contributed by atoms with Gasteiger partial charge in [-0.25, -0.2) is 4.98 Å². The van der Waals surface area contributed by atoms with Crippen molar-refractivity contribution in [2.45, 2.75) is 6.54 Å². The summed E-state index contributed by atoms with van der Waals surface area (Å²) in [6.07, 6.45) is 3.43. The van der Waals surface area contributed by atoms with E-state index in [-0.39, 0.29) is 0 Å². The molecule has 6 nitrogen and oxygen atoms in total. The average molecular weight is 289 g/mol. The number of rotatable bonds is 6. The van der Waals surface area contributed by atoms with Gasteiger partial charge in [-0.3, -0.25) is 0 Å². The Bertz CT molecular complexity index is 650. The zero-order chi connectivity index (χ0) is 15.4. The number of nitrogens with zero attached hydrogens (tertiary/aromatic N) is 2. The third-order valence-electron chi connectivity index (χ3n) is 3.16. The zero-order valence-corrected chi connectivity index (χ0v) is 12.4. The number of nitrogen functional groups attached to an aromatic ring is 1. The molecule has 1 heterocycles. The number of anilines is 1. The largest absolute Gasteiger partial charge is 0.496 e. The molecule has 0 spiro atoms. The first-order chi connectivity index (χ1) is 10.2. The topological polar surface area (TPSA) is 71.5 Å². The van der Waals surface area contributed by atoms with Gasteiger partial charge in [0.25, 0.3) is 0 Å². The Morgan fingerprint density at radius 3 is 2.33 bits per heavy atom. The van der Waals surface area contributed by atoms with Crippen LogP contribution in [0.2, 0.25) is 0 Å². The van der Waals surface area contributed by atoms with Gasteiger partial charge in [-0.05, 0) is 6.07 Å². The van der Waals surface area contributed by atoms with E-state index in [1.54, 1.807) is 50.4 Å². The Morgan fingerprint density at radius 2 is 1.76 bits per heavy atom. The summed E-state index contributed by atoms with van der Waals surface area (Å²) in [5.74, 6) is 2.33. The third kappa shape index (κ3) is 2.65.